The maximum absolute atomic E-state index is 13.1. The molecule has 1 aromatic heterocycles. The fourth-order valence-electron chi connectivity index (χ4n) is 4.13. The summed E-state index contributed by atoms with van der Waals surface area (Å²) < 4.78 is 0. The number of likely N-dealkylation sites (tertiary alicyclic amines) is 1. The highest BCUT2D eigenvalue weighted by atomic mass is 16.2. The molecular formula is C19H29N5O. The molecule has 3 aliphatic heterocycles. The molecule has 0 aromatic carbocycles. The van der Waals surface area contributed by atoms with Crippen LogP contribution in [0.2, 0.25) is 0 Å². The number of aryl methyl sites for hydroxylation is 1. The van der Waals surface area contributed by atoms with Gasteiger partial charge in [0.2, 0.25) is 5.91 Å². The zero-order valence-corrected chi connectivity index (χ0v) is 15.9. The SMILES string of the molecule is Cc1nc2c(c(N3CCC3)n1)CN(C(=O)C1CCN(C(C)(C)C)C1)C2. The molecule has 25 heavy (non-hydrogen) atoms. The third-order valence-electron chi connectivity index (χ3n) is 5.83. The van der Waals surface area contributed by atoms with Crippen molar-refractivity contribution in [3.05, 3.63) is 17.1 Å². The first-order chi connectivity index (χ1) is 11.8. The van der Waals surface area contributed by atoms with E-state index in [1.165, 1.54) is 12.0 Å². The van der Waals surface area contributed by atoms with Crippen molar-refractivity contribution in [2.75, 3.05) is 31.1 Å². The van der Waals surface area contributed by atoms with Crippen molar-refractivity contribution in [3.8, 4) is 0 Å². The highest BCUT2D eigenvalue weighted by Gasteiger charge is 2.38. The van der Waals surface area contributed by atoms with E-state index in [1.54, 1.807) is 0 Å². The number of hydrogen-bond acceptors (Lipinski definition) is 5. The van der Waals surface area contributed by atoms with E-state index in [-0.39, 0.29) is 17.4 Å². The molecule has 6 nitrogen and oxygen atoms in total. The van der Waals surface area contributed by atoms with Crippen LogP contribution in [0.3, 0.4) is 0 Å². The molecule has 1 atom stereocenters. The largest absolute Gasteiger partial charge is 0.356 e. The summed E-state index contributed by atoms with van der Waals surface area (Å²) in [5.41, 5.74) is 2.36. The minimum atomic E-state index is 0.120. The summed E-state index contributed by atoms with van der Waals surface area (Å²) in [5.74, 6) is 2.29. The number of hydrogen-bond donors (Lipinski definition) is 0. The molecule has 0 bridgehead atoms. The first-order valence-corrected chi connectivity index (χ1v) is 9.48. The number of rotatable bonds is 2. The molecule has 0 N–H and O–H groups in total. The lowest BCUT2D eigenvalue weighted by Gasteiger charge is -2.33. The summed E-state index contributed by atoms with van der Waals surface area (Å²) >= 11 is 0. The van der Waals surface area contributed by atoms with Crippen molar-refractivity contribution < 1.29 is 4.79 Å². The molecule has 1 amide bonds. The van der Waals surface area contributed by atoms with Crippen molar-refractivity contribution in [1.29, 1.82) is 0 Å². The second-order valence-electron chi connectivity index (χ2n) is 8.66. The summed E-state index contributed by atoms with van der Waals surface area (Å²) in [6, 6.07) is 0. The van der Waals surface area contributed by atoms with Crippen LogP contribution in [0.5, 0.6) is 0 Å². The summed E-state index contributed by atoms with van der Waals surface area (Å²) in [4.78, 5) is 29.1. The maximum Gasteiger partial charge on any atom is 0.227 e. The molecule has 1 aromatic rings. The second kappa shape index (κ2) is 5.94. The van der Waals surface area contributed by atoms with Gasteiger partial charge in [-0.05, 0) is 47.1 Å². The van der Waals surface area contributed by atoms with E-state index in [9.17, 15) is 4.79 Å². The van der Waals surface area contributed by atoms with Gasteiger partial charge in [-0.25, -0.2) is 9.97 Å². The lowest BCUT2D eigenvalue weighted by atomic mass is 10.1. The Bertz CT molecular complexity index is 692. The molecule has 0 spiro atoms. The van der Waals surface area contributed by atoms with Crippen LogP contribution < -0.4 is 4.90 Å². The first kappa shape index (κ1) is 16.8. The van der Waals surface area contributed by atoms with Gasteiger partial charge >= 0.3 is 0 Å². The number of nitrogens with zero attached hydrogens (tertiary/aromatic N) is 5. The van der Waals surface area contributed by atoms with Crippen LogP contribution in [-0.4, -0.2) is 57.4 Å². The summed E-state index contributed by atoms with van der Waals surface area (Å²) in [5, 5.41) is 0. The molecule has 4 rings (SSSR count). The van der Waals surface area contributed by atoms with Gasteiger partial charge in [0.15, 0.2) is 0 Å². The van der Waals surface area contributed by atoms with Gasteiger partial charge in [-0.2, -0.15) is 0 Å². The normalized spacial score (nSPS) is 23.8. The summed E-state index contributed by atoms with van der Waals surface area (Å²) in [6.45, 7) is 14.0. The maximum atomic E-state index is 13.1. The molecule has 2 fully saturated rings. The Kier molecular flexibility index (Phi) is 3.98. The standard InChI is InChI=1S/C19H29N5O/c1-13-20-16-12-23(11-15(16)17(21-13)22-7-5-8-22)18(25)14-6-9-24(10-14)19(2,3)4/h14H,5-12H2,1-4H3. The number of aromatic nitrogens is 2. The predicted octanol–water partition coefficient (Wildman–Crippen LogP) is 1.96. The number of carbonyl (C=O) groups excluding carboxylic acids is 1. The van der Waals surface area contributed by atoms with Gasteiger partial charge in [0, 0.05) is 30.7 Å². The summed E-state index contributed by atoms with van der Waals surface area (Å²) in [6.07, 6.45) is 2.19. The number of fused-ring (bicyclic) bond motifs is 1. The van der Waals surface area contributed by atoms with E-state index in [0.29, 0.717) is 13.1 Å². The fraction of sp³-hybridized carbons (Fsp3) is 0.737. The third kappa shape index (κ3) is 3.01. The molecule has 0 aliphatic carbocycles. The zero-order valence-electron chi connectivity index (χ0n) is 15.9. The van der Waals surface area contributed by atoms with E-state index in [1.807, 2.05) is 11.8 Å². The Morgan fingerprint density at radius 2 is 1.88 bits per heavy atom. The third-order valence-corrected chi connectivity index (χ3v) is 5.83. The van der Waals surface area contributed by atoms with Gasteiger partial charge in [-0.15, -0.1) is 0 Å². The lowest BCUT2D eigenvalue weighted by molar-refractivity contribution is -0.135. The minimum absolute atomic E-state index is 0.120. The number of anilines is 1. The van der Waals surface area contributed by atoms with Crippen molar-refractivity contribution in [1.82, 2.24) is 19.8 Å². The van der Waals surface area contributed by atoms with Gasteiger partial charge in [0.05, 0.1) is 24.7 Å². The highest BCUT2D eigenvalue weighted by molar-refractivity contribution is 5.80. The quantitative estimate of drug-likeness (QED) is 0.822. The average Bonchev–Trinajstić information content (AvgIpc) is 3.10. The second-order valence-corrected chi connectivity index (χ2v) is 8.66. The molecule has 3 aliphatic rings. The van der Waals surface area contributed by atoms with Gasteiger partial charge in [0.25, 0.3) is 0 Å². The van der Waals surface area contributed by atoms with Crippen molar-refractivity contribution in [2.24, 2.45) is 5.92 Å². The number of carbonyl (C=O) groups is 1. The Hall–Kier alpha value is -1.69. The zero-order chi connectivity index (χ0) is 17.8. The van der Waals surface area contributed by atoms with Crippen LogP contribution in [0.1, 0.15) is 50.7 Å². The molecular weight excluding hydrogens is 314 g/mol. The van der Waals surface area contributed by atoms with E-state index >= 15 is 0 Å². The van der Waals surface area contributed by atoms with Crippen LogP contribution in [0, 0.1) is 12.8 Å². The molecule has 1 unspecified atom stereocenters. The van der Waals surface area contributed by atoms with Gasteiger partial charge in [0.1, 0.15) is 11.6 Å². The molecule has 2 saturated heterocycles. The van der Waals surface area contributed by atoms with Gasteiger partial charge in [-0.3, -0.25) is 9.69 Å². The fourth-order valence-corrected chi connectivity index (χ4v) is 4.13. The topological polar surface area (TPSA) is 52.6 Å². The van der Waals surface area contributed by atoms with Gasteiger partial charge < -0.3 is 9.80 Å². The molecule has 6 heteroatoms. The highest BCUT2D eigenvalue weighted by Crippen LogP contribution is 2.33. The van der Waals surface area contributed by atoms with Crippen LogP contribution in [0.4, 0.5) is 5.82 Å². The molecule has 0 saturated carbocycles. The first-order valence-electron chi connectivity index (χ1n) is 9.48. The lowest BCUT2D eigenvalue weighted by Crippen LogP contribution is -2.41. The van der Waals surface area contributed by atoms with Crippen LogP contribution in [-0.2, 0) is 17.9 Å². The minimum Gasteiger partial charge on any atom is -0.356 e. The van der Waals surface area contributed by atoms with E-state index in [2.05, 4.69) is 40.5 Å². The van der Waals surface area contributed by atoms with Crippen LogP contribution >= 0.6 is 0 Å². The number of amides is 1. The molecule has 136 valence electrons. The molecule has 4 heterocycles. The van der Waals surface area contributed by atoms with E-state index < -0.39 is 0 Å². The smallest absolute Gasteiger partial charge is 0.227 e. The van der Waals surface area contributed by atoms with E-state index in [0.717, 1.165) is 49.9 Å². The van der Waals surface area contributed by atoms with Crippen molar-refractivity contribution >= 4 is 11.7 Å². The van der Waals surface area contributed by atoms with Gasteiger partial charge in [-0.1, -0.05) is 0 Å². The van der Waals surface area contributed by atoms with Crippen molar-refractivity contribution in [2.45, 2.75) is 59.2 Å². The Balaban J connectivity index is 1.49. The predicted molar refractivity (Wildman–Crippen MR) is 97.3 cm³/mol. The van der Waals surface area contributed by atoms with Crippen LogP contribution in [0.25, 0.3) is 0 Å². The average molecular weight is 343 g/mol. The van der Waals surface area contributed by atoms with Crippen molar-refractivity contribution in [3.63, 3.8) is 0 Å². The summed E-state index contributed by atoms with van der Waals surface area (Å²) in [7, 11) is 0. The van der Waals surface area contributed by atoms with E-state index in [4.69, 9.17) is 0 Å². The Labute approximate surface area is 150 Å². The van der Waals surface area contributed by atoms with Crippen LogP contribution in [0.15, 0.2) is 0 Å². The Morgan fingerprint density at radius 3 is 2.48 bits per heavy atom. The molecule has 0 radical (unpaired) electrons. The monoisotopic (exact) mass is 343 g/mol. The Morgan fingerprint density at radius 1 is 1.12 bits per heavy atom.